The number of hydrogen-bond acceptors (Lipinski definition) is 2. The number of carbonyl (C=O) groups excluding carboxylic acids is 1. The summed E-state index contributed by atoms with van der Waals surface area (Å²) >= 11 is 0. The van der Waals surface area contributed by atoms with Crippen molar-refractivity contribution in [2.75, 3.05) is 6.61 Å². The van der Waals surface area contributed by atoms with Crippen molar-refractivity contribution in [1.82, 2.24) is 0 Å². The first-order valence-corrected chi connectivity index (χ1v) is 9.79. The standard InChI is InChI=1S/C22H34O2/c1-6-20(3)14-11-17-16(15-20)9-10-18-21(17,4)12-8-13-22(18,5)19(23)24-7-2/h6,9,17-18H,1,7-8,10-15H2,2-5H3. The molecule has 0 amide bonds. The van der Waals surface area contributed by atoms with E-state index in [2.05, 4.69) is 39.5 Å². The molecule has 0 spiro atoms. The van der Waals surface area contributed by atoms with E-state index in [0.29, 0.717) is 18.4 Å². The van der Waals surface area contributed by atoms with Crippen LogP contribution in [0.3, 0.4) is 0 Å². The molecule has 0 aromatic carbocycles. The molecule has 0 aromatic heterocycles. The maximum absolute atomic E-state index is 12.8. The van der Waals surface area contributed by atoms with Crippen molar-refractivity contribution in [1.29, 1.82) is 0 Å². The Balaban J connectivity index is 1.94. The quantitative estimate of drug-likeness (QED) is 0.491. The molecule has 5 unspecified atom stereocenters. The summed E-state index contributed by atoms with van der Waals surface area (Å²) < 4.78 is 5.49. The van der Waals surface area contributed by atoms with Crippen LogP contribution in [0, 0.1) is 28.1 Å². The number of hydrogen-bond donors (Lipinski definition) is 0. The molecule has 0 aromatic rings. The predicted molar refractivity (Wildman–Crippen MR) is 98.5 cm³/mol. The lowest BCUT2D eigenvalue weighted by Gasteiger charge is -2.58. The molecule has 3 aliphatic carbocycles. The van der Waals surface area contributed by atoms with Crippen LogP contribution in [-0.2, 0) is 9.53 Å². The van der Waals surface area contributed by atoms with Crippen molar-refractivity contribution in [2.45, 2.75) is 72.6 Å². The van der Waals surface area contributed by atoms with Crippen LogP contribution in [0.4, 0.5) is 0 Å². The number of fused-ring (bicyclic) bond motifs is 3. The van der Waals surface area contributed by atoms with Gasteiger partial charge in [-0.3, -0.25) is 4.79 Å². The van der Waals surface area contributed by atoms with Crippen molar-refractivity contribution >= 4 is 5.97 Å². The Labute approximate surface area is 147 Å². The van der Waals surface area contributed by atoms with Gasteiger partial charge in [0, 0.05) is 0 Å². The third-order valence-electron chi connectivity index (χ3n) is 7.68. The summed E-state index contributed by atoms with van der Waals surface area (Å²) in [6, 6.07) is 0. The minimum Gasteiger partial charge on any atom is -0.466 e. The van der Waals surface area contributed by atoms with Crippen LogP contribution >= 0.6 is 0 Å². The molecule has 24 heavy (non-hydrogen) atoms. The maximum atomic E-state index is 12.8. The maximum Gasteiger partial charge on any atom is 0.312 e. The molecule has 2 nitrogen and oxygen atoms in total. The van der Waals surface area contributed by atoms with Gasteiger partial charge in [-0.25, -0.2) is 0 Å². The second kappa shape index (κ2) is 6.04. The minimum absolute atomic E-state index is 0.0320. The van der Waals surface area contributed by atoms with E-state index >= 15 is 0 Å². The highest BCUT2D eigenvalue weighted by Crippen LogP contribution is 2.63. The number of carbonyl (C=O) groups is 1. The van der Waals surface area contributed by atoms with Crippen LogP contribution in [0.2, 0.25) is 0 Å². The minimum atomic E-state index is -0.315. The van der Waals surface area contributed by atoms with E-state index in [-0.39, 0.29) is 22.2 Å². The van der Waals surface area contributed by atoms with Gasteiger partial charge in [0.2, 0.25) is 0 Å². The average molecular weight is 331 g/mol. The molecular formula is C22H34O2. The van der Waals surface area contributed by atoms with Gasteiger partial charge in [0.05, 0.1) is 12.0 Å². The molecule has 0 bridgehead atoms. The van der Waals surface area contributed by atoms with Crippen LogP contribution in [-0.4, -0.2) is 12.6 Å². The molecule has 0 radical (unpaired) electrons. The summed E-state index contributed by atoms with van der Waals surface area (Å²) in [5.41, 5.74) is 1.82. The fourth-order valence-corrected chi connectivity index (χ4v) is 6.15. The summed E-state index contributed by atoms with van der Waals surface area (Å²) in [4.78, 5) is 12.8. The smallest absolute Gasteiger partial charge is 0.312 e. The molecule has 0 saturated heterocycles. The van der Waals surface area contributed by atoms with Crippen LogP contribution in [0.15, 0.2) is 24.3 Å². The SMILES string of the molecule is C=CC1(C)CCC2C(=CCC3C(C)(C(=O)OCC)CCCC23C)C1. The normalized spacial score (nSPS) is 44.8. The van der Waals surface area contributed by atoms with Crippen LogP contribution in [0.1, 0.15) is 72.6 Å². The second-order valence-electron chi connectivity index (χ2n) is 9.19. The van der Waals surface area contributed by atoms with Gasteiger partial charge in [0.1, 0.15) is 0 Å². The molecule has 3 rings (SSSR count). The molecule has 2 fully saturated rings. The molecule has 0 aliphatic heterocycles. The summed E-state index contributed by atoms with van der Waals surface area (Å²) in [5, 5.41) is 0. The first kappa shape index (κ1) is 17.8. The Hall–Kier alpha value is -1.05. The highest BCUT2D eigenvalue weighted by Gasteiger charge is 2.58. The van der Waals surface area contributed by atoms with Crippen molar-refractivity contribution in [2.24, 2.45) is 28.1 Å². The van der Waals surface area contributed by atoms with Gasteiger partial charge in [-0.1, -0.05) is 38.0 Å². The van der Waals surface area contributed by atoms with Gasteiger partial charge in [0.15, 0.2) is 0 Å². The van der Waals surface area contributed by atoms with E-state index in [9.17, 15) is 4.79 Å². The third kappa shape index (κ3) is 2.57. The van der Waals surface area contributed by atoms with E-state index in [0.717, 1.165) is 25.7 Å². The van der Waals surface area contributed by atoms with E-state index in [1.807, 2.05) is 6.92 Å². The van der Waals surface area contributed by atoms with Gasteiger partial charge < -0.3 is 4.74 Å². The highest BCUT2D eigenvalue weighted by atomic mass is 16.5. The van der Waals surface area contributed by atoms with Crippen LogP contribution in [0.25, 0.3) is 0 Å². The lowest BCUT2D eigenvalue weighted by Crippen LogP contribution is -2.54. The number of rotatable bonds is 3. The molecule has 2 heteroatoms. The van der Waals surface area contributed by atoms with Crippen molar-refractivity contribution in [3.05, 3.63) is 24.3 Å². The largest absolute Gasteiger partial charge is 0.466 e. The van der Waals surface area contributed by atoms with Gasteiger partial charge in [-0.05, 0) is 75.0 Å². The van der Waals surface area contributed by atoms with Crippen molar-refractivity contribution in [3.8, 4) is 0 Å². The average Bonchev–Trinajstić information content (AvgIpc) is 2.54. The number of ether oxygens (including phenoxy) is 1. The fraction of sp³-hybridized carbons (Fsp3) is 0.773. The monoisotopic (exact) mass is 330 g/mol. The highest BCUT2D eigenvalue weighted by molar-refractivity contribution is 5.77. The molecule has 0 N–H and O–H groups in total. The van der Waals surface area contributed by atoms with Crippen molar-refractivity contribution < 1.29 is 9.53 Å². The number of allylic oxidation sites excluding steroid dienone is 3. The van der Waals surface area contributed by atoms with E-state index in [1.165, 1.54) is 19.3 Å². The molecule has 3 aliphatic rings. The Morgan fingerprint density at radius 1 is 1.33 bits per heavy atom. The zero-order chi connectivity index (χ0) is 17.6. The first-order chi connectivity index (χ1) is 11.3. The van der Waals surface area contributed by atoms with E-state index in [1.54, 1.807) is 5.57 Å². The molecule has 5 atom stereocenters. The summed E-state index contributed by atoms with van der Waals surface area (Å²) in [7, 11) is 0. The van der Waals surface area contributed by atoms with Gasteiger partial charge in [-0.2, -0.15) is 0 Å². The topological polar surface area (TPSA) is 26.3 Å². The second-order valence-corrected chi connectivity index (χ2v) is 9.19. The Kier molecular flexibility index (Phi) is 4.47. The molecule has 0 heterocycles. The van der Waals surface area contributed by atoms with Gasteiger partial charge in [-0.15, -0.1) is 6.58 Å². The summed E-state index contributed by atoms with van der Waals surface area (Å²) in [6.07, 6.45) is 12.6. The van der Waals surface area contributed by atoms with Gasteiger partial charge in [0.25, 0.3) is 0 Å². The lowest BCUT2D eigenvalue weighted by atomic mass is 9.45. The Morgan fingerprint density at radius 2 is 2.08 bits per heavy atom. The zero-order valence-corrected chi connectivity index (χ0v) is 16.0. The molecule has 2 saturated carbocycles. The van der Waals surface area contributed by atoms with Gasteiger partial charge >= 0.3 is 5.97 Å². The van der Waals surface area contributed by atoms with E-state index < -0.39 is 0 Å². The predicted octanol–water partition coefficient (Wildman–Crippen LogP) is 5.68. The fourth-order valence-electron chi connectivity index (χ4n) is 6.15. The Morgan fingerprint density at radius 3 is 2.75 bits per heavy atom. The summed E-state index contributed by atoms with van der Waals surface area (Å²) in [5.74, 6) is 1.09. The van der Waals surface area contributed by atoms with Crippen LogP contribution in [0.5, 0.6) is 0 Å². The lowest BCUT2D eigenvalue weighted by molar-refractivity contribution is -0.169. The summed E-state index contributed by atoms with van der Waals surface area (Å²) in [6.45, 7) is 13.4. The molecule has 134 valence electrons. The molecular weight excluding hydrogens is 296 g/mol. The Bertz CT molecular complexity index is 562. The zero-order valence-electron chi connectivity index (χ0n) is 16.0. The number of esters is 1. The van der Waals surface area contributed by atoms with Crippen LogP contribution < -0.4 is 0 Å². The van der Waals surface area contributed by atoms with E-state index in [4.69, 9.17) is 4.74 Å². The third-order valence-corrected chi connectivity index (χ3v) is 7.68. The van der Waals surface area contributed by atoms with Crippen molar-refractivity contribution in [3.63, 3.8) is 0 Å². The first-order valence-electron chi connectivity index (χ1n) is 9.79.